The van der Waals surface area contributed by atoms with E-state index in [2.05, 4.69) is 10.4 Å². The number of hydrogen-bond donors (Lipinski definition) is 1. The summed E-state index contributed by atoms with van der Waals surface area (Å²) in [4.78, 5) is 12.9. The molecular formula is C24H27N3O4S. The summed E-state index contributed by atoms with van der Waals surface area (Å²) in [5, 5.41) is 7.40. The summed E-state index contributed by atoms with van der Waals surface area (Å²) < 4.78 is 31.3. The molecule has 0 bridgehead atoms. The molecule has 0 radical (unpaired) electrons. The van der Waals surface area contributed by atoms with Gasteiger partial charge in [-0.25, -0.2) is 8.42 Å². The van der Waals surface area contributed by atoms with Crippen LogP contribution in [-0.2, 0) is 9.84 Å². The smallest absolute Gasteiger partial charge is 0.276 e. The lowest BCUT2D eigenvalue weighted by Crippen LogP contribution is -2.16. The van der Waals surface area contributed by atoms with E-state index in [1.54, 1.807) is 35.0 Å². The Hall–Kier alpha value is -3.13. The van der Waals surface area contributed by atoms with Crippen LogP contribution in [0.15, 0.2) is 48.5 Å². The Morgan fingerprint density at radius 3 is 2.50 bits per heavy atom. The van der Waals surface area contributed by atoms with E-state index in [0.717, 1.165) is 28.1 Å². The zero-order valence-corrected chi connectivity index (χ0v) is 19.3. The van der Waals surface area contributed by atoms with Crippen LogP contribution in [0.1, 0.15) is 41.0 Å². The molecule has 168 valence electrons. The first-order valence-electron chi connectivity index (χ1n) is 10.7. The standard InChI is InChI=1S/C24H27N3O4S/c1-4-31-21-9-7-19(8-10-21)25-24(28)22-14-23(18-6-5-16(2)17(3)13-18)27(26-22)20-11-12-32(29,30)15-20/h5-10,13-14,20H,4,11-12,15H2,1-3H3,(H,25,28)/t20-/m0/s1. The number of aryl methyl sites for hydroxylation is 2. The predicted molar refractivity (Wildman–Crippen MR) is 125 cm³/mol. The molecule has 2 aromatic carbocycles. The van der Waals surface area contributed by atoms with Gasteiger partial charge in [0.2, 0.25) is 0 Å². The second-order valence-corrected chi connectivity index (χ2v) is 10.4. The minimum atomic E-state index is -3.10. The van der Waals surface area contributed by atoms with Crippen LogP contribution in [0.2, 0.25) is 0 Å². The number of benzene rings is 2. The average molecular weight is 454 g/mol. The number of carbonyl (C=O) groups is 1. The number of aromatic nitrogens is 2. The Labute approximate surface area is 188 Å². The third-order valence-corrected chi connectivity index (χ3v) is 7.50. The van der Waals surface area contributed by atoms with Gasteiger partial charge < -0.3 is 10.1 Å². The molecule has 4 rings (SSSR count). The van der Waals surface area contributed by atoms with Crippen molar-refractivity contribution in [2.45, 2.75) is 33.2 Å². The first-order chi connectivity index (χ1) is 15.3. The highest BCUT2D eigenvalue weighted by Crippen LogP contribution is 2.31. The third kappa shape index (κ3) is 4.70. The molecule has 1 atom stereocenters. The first kappa shape index (κ1) is 22.1. The number of hydrogen-bond acceptors (Lipinski definition) is 5. The van der Waals surface area contributed by atoms with Gasteiger partial charge in [0, 0.05) is 11.3 Å². The number of carbonyl (C=O) groups excluding carboxylic acids is 1. The number of sulfone groups is 1. The van der Waals surface area contributed by atoms with E-state index < -0.39 is 9.84 Å². The zero-order valence-electron chi connectivity index (χ0n) is 18.5. The van der Waals surface area contributed by atoms with Crippen molar-refractivity contribution in [1.29, 1.82) is 0 Å². The molecule has 0 spiro atoms. The summed E-state index contributed by atoms with van der Waals surface area (Å²) in [5.74, 6) is 0.553. The largest absolute Gasteiger partial charge is 0.494 e. The molecule has 1 N–H and O–H groups in total. The van der Waals surface area contributed by atoms with Gasteiger partial charge in [-0.1, -0.05) is 12.1 Å². The molecule has 0 aliphatic carbocycles. The maximum Gasteiger partial charge on any atom is 0.276 e. The summed E-state index contributed by atoms with van der Waals surface area (Å²) in [7, 11) is -3.10. The van der Waals surface area contributed by atoms with Gasteiger partial charge in [0.15, 0.2) is 15.5 Å². The van der Waals surface area contributed by atoms with Gasteiger partial charge in [-0.2, -0.15) is 5.10 Å². The fourth-order valence-corrected chi connectivity index (χ4v) is 5.56. The monoisotopic (exact) mass is 453 g/mol. The molecule has 1 aromatic heterocycles. The average Bonchev–Trinajstić information content (AvgIpc) is 3.35. The van der Waals surface area contributed by atoms with Crippen LogP contribution < -0.4 is 10.1 Å². The van der Waals surface area contributed by atoms with Crippen LogP contribution in [0.5, 0.6) is 5.75 Å². The number of ether oxygens (including phenoxy) is 1. The van der Waals surface area contributed by atoms with Crippen molar-refractivity contribution in [3.63, 3.8) is 0 Å². The normalized spacial score (nSPS) is 17.3. The SMILES string of the molecule is CCOc1ccc(NC(=O)c2cc(-c3ccc(C)c(C)c3)n([C@H]3CCS(=O)(=O)C3)n2)cc1. The fourth-order valence-electron chi connectivity index (χ4n) is 3.86. The molecule has 2 heterocycles. The second-order valence-electron chi connectivity index (χ2n) is 8.13. The van der Waals surface area contributed by atoms with E-state index in [1.165, 1.54) is 0 Å². The summed E-state index contributed by atoms with van der Waals surface area (Å²) in [6.45, 7) is 6.55. The van der Waals surface area contributed by atoms with Gasteiger partial charge in [0.05, 0.1) is 29.8 Å². The summed E-state index contributed by atoms with van der Waals surface area (Å²) in [6.07, 6.45) is 0.488. The minimum absolute atomic E-state index is 0.0342. The molecule has 1 aliphatic heterocycles. The Balaban J connectivity index is 1.66. The lowest BCUT2D eigenvalue weighted by molar-refractivity contribution is 0.102. The Kier molecular flexibility index (Phi) is 6.06. The van der Waals surface area contributed by atoms with Gasteiger partial charge in [0.25, 0.3) is 5.91 Å². The van der Waals surface area contributed by atoms with Crippen LogP contribution >= 0.6 is 0 Å². The van der Waals surface area contributed by atoms with Crippen molar-refractivity contribution in [2.75, 3.05) is 23.4 Å². The maximum absolute atomic E-state index is 12.9. The minimum Gasteiger partial charge on any atom is -0.494 e. The van der Waals surface area contributed by atoms with E-state index >= 15 is 0 Å². The number of nitrogens with one attached hydrogen (secondary N) is 1. The van der Waals surface area contributed by atoms with Crippen molar-refractivity contribution in [2.24, 2.45) is 0 Å². The summed E-state index contributed by atoms with van der Waals surface area (Å²) in [6, 6.07) is 14.6. The topological polar surface area (TPSA) is 90.3 Å². The Bertz CT molecular complexity index is 1250. The van der Waals surface area contributed by atoms with Gasteiger partial charge in [0.1, 0.15) is 5.75 Å². The van der Waals surface area contributed by atoms with Gasteiger partial charge in [-0.15, -0.1) is 0 Å². The second kappa shape index (κ2) is 8.78. The molecule has 0 saturated carbocycles. The summed E-state index contributed by atoms with van der Waals surface area (Å²) in [5.41, 5.74) is 4.81. The van der Waals surface area contributed by atoms with Crippen LogP contribution in [0.3, 0.4) is 0 Å². The maximum atomic E-state index is 12.9. The zero-order chi connectivity index (χ0) is 22.9. The number of anilines is 1. The van der Waals surface area contributed by atoms with Gasteiger partial charge in [-0.05, 0) is 74.7 Å². The van der Waals surface area contributed by atoms with E-state index in [0.29, 0.717) is 18.7 Å². The molecule has 32 heavy (non-hydrogen) atoms. The van der Waals surface area contributed by atoms with Gasteiger partial charge >= 0.3 is 0 Å². The lowest BCUT2D eigenvalue weighted by Gasteiger charge is -2.14. The van der Waals surface area contributed by atoms with E-state index in [1.807, 2.05) is 39.0 Å². The number of amides is 1. The summed E-state index contributed by atoms with van der Waals surface area (Å²) >= 11 is 0. The molecule has 1 amide bonds. The molecule has 0 unspecified atom stereocenters. The molecule has 1 saturated heterocycles. The lowest BCUT2D eigenvalue weighted by atomic mass is 10.0. The highest BCUT2D eigenvalue weighted by molar-refractivity contribution is 7.91. The third-order valence-electron chi connectivity index (χ3n) is 5.75. The van der Waals surface area contributed by atoms with Crippen molar-refractivity contribution < 1.29 is 17.9 Å². The molecular weight excluding hydrogens is 426 g/mol. The van der Waals surface area contributed by atoms with Crippen LogP contribution in [0.4, 0.5) is 5.69 Å². The number of nitrogens with zero attached hydrogens (tertiary/aromatic N) is 2. The van der Waals surface area contributed by atoms with Crippen LogP contribution in [0.25, 0.3) is 11.3 Å². The fraction of sp³-hybridized carbons (Fsp3) is 0.333. The Morgan fingerprint density at radius 1 is 1.12 bits per heavy atom. The molecule has 8 heteroatoms. The molecule has 1 aliphatic rings. The van der Waals surface area contributed by atoms with Gasteiger partial charge in [-0.3, -0.25) is 9.48 Å². The van der Waals surface area contributed by atoms with Crippen molar-refractivity contribution in [3.05, 3.63) is 65.4 Å². The van der Waals surface area contributed by atoms with E-state index in [4.69, 9.17) is 4.74 Å². The molecule has 1 fully saturated rings. The molecule has 7 nitrogen and oxygen atoms in total. The molecule has 3 aromatic rings. The van der Waals surface area contributed by atoms with E-state index in [9.17, 15) is 13.2 Å². The van der Waals surface area contributed by atoms with Crippen molar-refractivity contribution in [1.82, 2.24) is 9.78 Å². The quantitative estimate of drug-likeness (QED) is 0.605. The van der Waals surface area contributed by atoms with Crippen molar-refractivity contribution >= 4 is 21.4 Å². The Morgan fingerprint density at radius 2 is 1.88 bits per heavy atom. The van der Waals surface area contributed by atoms with Crippen LogP contribution in [-0.4, -0.2) is 42.2 Å². The highest BCUT2D eigenvalue weighted by atomic mass is 32.2. The number of rotatable bonds is 6. The van der Waals surface area contributed by atoms with E-state index in [-0.39, 0.29) is 29.1 Å². The first-order valence-corrected chi connectivity index (χ1v) is 12.5. The van der Waals surface area contributed by atoms with Crippen molar-refractivity contribution in [3.8, 4) is 17.0 Å². The van der Waals surface area contributed by atoms with Crippen LogP contribution in [0, 0.1) is 13.8 Å². The predicted octanol–water partition coefficient (Wildman–Crippen LogP) is 4.18. The highest BCUT2D eigenvalue weighted by Gasteiger charge is 2.32.